The SMILES string of the molecule is C/C(=C/c1ccccc1)CN(CCO)CCCO. The first kappa shape index (κ1) is 14.9. The zero-order valence-electron chi connectivity index (χ0n) is 11.0. The molecule has 3 nitrogen and oxygen atoms in total. The number of aliphatic hydroxyl groups excluding tert-OH is 2. The minimum absolute atomic E-state index is 0.157. The van der Waals surface area contributed by atoms with Gasteiger partial charge in [-0.1, -0.05) is 42.0 Å². The molecule has 0 unspecified atom stereocenters. The van der Waals surface area contributed by atoms with Gasteiger partial charge in [0.15, 0.2) is 0 Å². The maximum atomic E-state index is 9.02. The fraction of sp³-hybridized carbons (Fsp3) is 0.467. The van der Waals surface area contributed by atoms with E-state index in [1.54, 1.807) is 0 Å². The van der Waals surface area contributed by atoms with Crippen LogP contribution in [0.5, 0.6) is 0 Å². The number of rotatable bonds is 8. The van der Waals surface area contributed by atoms with Crippen molar-refractivity contribution in [3.63, 3.8) is 0 Å². The third-order valence-electron chi connectivity index (χ3n) is 2.73. The molecule has 0 heterocycles. The molecule has 0 aliphatic carbocycles. The van der Waals surface area contributed by atoms with Gasteiger partial charge in [-0.3, -0.25) is 4.90 Å². The fourth-order valence-electron chi connectivity index (χ4n) is 1.94. The number of hydrogen-bond acceptors (Lipinski definition) is 3. The van der Waals surface area contributed by atoms with Crippen molar-refractivity contribution in [3.8, 4) is 0 Å². The van der Waals surface area contributed by atoms with Crippen LogP contribution in [-0.2, 0) is 0 Å². The van der Waals surface area contributed by atoms with Crippen LogP contribution in [0.25, 0.3) is 6.08 Å². The molecule has 0 aliphatic heterocycles. The van der Waals surface area contributed by atoms with E-state index in [0.717, 1.165) is 19.5 Å². The molecule has 0 bridgehead atoms. The van der Waals surface area contributed by atoms with Crippen LogP contribution in [0.4, 0.5) is 0 Å². The lowest BCUT2D eigenvalue weighted by molar-refractivity contribution is 0.189. The second-order valence-corrected chi connectivity index (χ2v) is 4.48. The van der Waals surface area contributed by atoms with E-state index in [2.05, 4.69) is 30.0 Å². The average Bonchev–Trinajstić information content (AvgIpc) is 2.37. The third kappa shape index (κ3) is 5.96. The first-order valence-corrected chi connectivity index (χ1v) is 6.42. The monoisotopic (exact) mass is 249 g/mol. The van der Waals surface area contributed by atoms with E-state index in [-0.39, 0.29) is 13.2 Å². The largest absolute Gasteiger partial charge is 0.396 e. The molecule has 0 atom stereocenters. The van der Waals surface area contributed by atoms with Crippen molar-refractivity contribution >= 4 is 6.08 Å². The number of benzene rings is 1. The highest BCUT2D eigenvalue weighted by atomic mass is 16.3. The van der Waals surface area contributed by atoms with Gasteiger partial charge in [0.05, 0.1) is 6.61 Å². The van der Waals surface area contributed by atoms with Gasteiger partial charge in [-0.15, -0.1) is 0 Å². The van der Waals surface area contributed by atoms with Crippen LogP contribution < -0.4 is 0 Å². The molecule has 0 aliphatic rings. The van der Waals surface area contributed by atoms with E-state index in [4.69, 9.17) is 10.2 Å². The molecular weight excluding hydrogens is 226 g/mol. The maximum absolute atomic E-state index is 9.02. The minimum Gasteiger partial charge on any atom is -0.396 e. The van der Waals surface area contributed by atoms with Crippen molar-refractivity contribution in [1.82, 2.24) is 4.90 Å². The summed E-state index contributed by atoms with van der Waals surface area (Å²) >= 11 is 0. The van der Waals surface area contributed by atoms with Crippen LogP contribution in [0.3, 0.4) is 0 Å². The highest BCUT2D eigenvalue weighted by molar-refractivity contribution is 5.52. The molecule has 18 heavy (non-hydrogen) atoms. The first-order valence-electron chi connectivity index (χ1n) is 6.42. The Kier molecular flexibility index (Phi) is 7.34. The van der Waals surface area contributed by atoms with Crippen molar-refractivity contribution in [1.29, 1.82) is 0 Å². The highest BCUT2D eigenvalue weighted by Gasteiger charge is 2.04. The van der Waals surface area contributed by atoms with Crippen LogP contribution in [0.1, 0.15) is 18.9 Å². The zero-order chi connectivity index (χ0) is 13.2. The molecule has 100 valence electrons. The molecule has 2 N–H and O–H groups in total. The Morgan fingerprint density at radius 3 is 2.44 bits per heavy atom. The summed E-state index contributed by atoms with van der Waals surface area (Å²) in [5.41, 5.74) is 2.45. The predicted molar refractivity (Wildman–Crippen MR) is 75.3 cm³/mol. The summed E-state index contributed by atoms with van der Waals surface area (Å²) in [6.45, 7) is 4.75. The second-order valence-electron chi connectivity index (χ2n) is 4.48. The Bertz CT molecular complexity index is 349. The van der Waals surface area contributed by atoms with Crippen molar-refractivity contribution in [3.05, 3.63) is 41.5 Å². The van der Waals surface area contributed by atoms with Crippen LogP contribution in [-0.4, -0.2) is 48.0 Å². The number of nitrogens with zero attached hydrogens (tertiary/aromatic N) is 1. The molecular formula is C15H23NO2. The molecule has 0 amide bonds. The van der Waals surface area contributed by atoms with Crippen LogP contribution in [0.15, 0.2) is 35.9 Å². The molecule has 3 heteroatoms. The Morgan fingerprint density at radius 1 is 1.11 bits per heavy atom. The Balaban J connectivity index is 2.54. The van der Waals surface area contributed by atoms with Gasteiger partial charge >= 0.3 is 0 Å². The summed E-state index contributed by atoms with van der Waals surface area (Å²) in [4.78, 5) is 2.16. The molecule has 1 aromatic carbocycles. The van der Waals surface area contributed by atoms with Gasteiger partial charge in [-0.25, -0.2) is 0 Å². The van der Waals surface area contributed by atoms with Crippen LogP contribution in [0, 0.1) is 0 Å². The van der Waals surface area contributed by atoms with E-state index in [1.807, 2.05) is 18.2 Å². The van der Waals surface area contributed by atoms with E-state index in [1.165, 1.54) is 11.1 Å². The summed E-state index contributed by atoms with van der Waals surface area (Å²) in [6, 6.07) is 10.2. The molecule has 0 saturated carbocycles. The molecule has 0 aromatic heterocycles. The lowest BCUT2D eigenvalue weighted by atomic mass is 10.1. The Hall–Kier alpha value is -1.16. The topological polar surface area (TPSA) is 43.7 Å². The van der Waals surface area contributed by atoms with Gasteiger partial charge in [0.1, 0.15) is 0 Å². The lowest BCUT2D eigenvalue weighted by Crippen LogP contribution is -2.30. The summed E-state index contributed by atoms with van der Waals surface area (Å²) in [5.74, 6) is 0. The molecule has 1 aromatic rings. The normalized spacial score (nSPS) is 12.1. The summed E-state index contributed by atoms with van der Waals surface area (Å²) in [6.07, 6.45) is 2.90. The van der Waals surface area contributed by atoms with Gasteiger partial charge in [0.2, 0.25) is 0 Å². The van der Waals surface area contributed by atoms with Crippen LogP contribution >= 0.6 is 0 Å². The average molecular weight is 249 g/mol. The highest BCUT2D eigenvalue weighted by Crippen LogP contribution is 2.07. The maximum Gasteiger partial charge on any atom is 0.0558 e. The van der Waals surface area contributed by atoms with Crippen molar-refractivity contribution in [2.75, 3.05) is 32.8 Å². The summed E-state index contributed by atoms with van der Waals surface area (Å²) < 4.78 is 0. The Labute approximate surface area is 109 Å². The van der Waals surface area contributed by atoms with E-state index < -0.39 is 0 Å². The van der Waals surface area contributed by atoms with Crippen molar-refractivity contribution in [2.45, 2.75) is 13.3 Å². The molecule has 0 spiro atoms. The Morgan fingerprint density at radius 2 is 1.83 bits per heavy atom. The van der Waals surface area contributed by atoms with E-state index in [0.29, 0.717) is 6.54 Å². The first-order chi connectivity index (χ1) is 8.76. The standard InChI is InChI=1S/C15H23NO2/c1-14(12-15-6-3-2-4-7-15)13-16(9-11-18)8-5-10-17/h2-4,6-7,12,17-18H,5,8-11,13H2,1H3/b14-12-. The summed E-state index contributed by atoms with van der Waals surface area (Å²) in [5, 5.41) is 17.9. The van der Waals surface area contributed by atoms with Gasteiger partial charge < -0.3 is 10.2 Å². The minimum atomic E-state index is 0.157. The smallest absolute Gasteiger partial charge is 0.0558 e. The molecule has 0 saturated heterocycles. The predicted octanol–water partition coefficient (Wildman–Crippen LogP) is 1.77. The molecule has 0 radical (unpaired) electrons. The number of aliphatic hydroxyl groups is 2. The fourth-order valence-corrected chi connectivity index (χ4v) is 1.94. The quantitative estimate of drug-likeness (QED) is 0.738. The van der Waals surface area contributed by atoms with Crippen molar-refractivity contribution < 1.29 is 10.2 Å². The van der Waals surface area contributed by atoms with E-state index in [9.17, 15) is 0 Å². The van der Waals surface area contributed by atoms with Gasteiger partial charge in [-0.05, 0) is 18.9 Å². The number of hydrogen-bond donors (Lipinski definition) is 2. The summed E-state index contributed by atoms with van der Waals surface area (Å²) in [7, 11) is 0. The zero-order valence-corrected chi connectivity index (χ0v) is 11.0. The third-order valence-corrected chi connectivity index (χ3v) is 2.73. The van der Waals surface area contributed by atoms with Gasteiger partial charge in [0.25, 0.3) is 0 Å². The molecule has 1 rings (SSSR count). The van der Waals surface area contributed by atoms with Gasteiger partial charge in [0, 0.05) is 26.2 Å². The second kappa shape index (κ2) is 8.86. The molecule has 0 fully saturated rings. The lowest BCUT2D eigenvalue weighted by Gasteiger charge is -2.21. The van der Waals surface area contributed by atoms with Crippen molar-refractivity contribution in [2.24, 2.45) is 0 Å². The van der Waals surface area contributed by atoms with E-state index >= 15 is 0 Å². The van der Waals surface area contributed by atoms with Gasteiger partial charge in [-0.2, -0.15) is 0 Å². The van der Waals surface area contributed by atoms with Crippen LogP contribution in [0.2, 0.25) is 0 Å².